The van der Waals surface area contributed by atoms with Crippen LogP contribution >= 0.6 is 11.3 Å². The molecule has 1 amide bonds. The van der Waals surface area contributed by atoms with Crippen LogP contribution in [0.4, 0.5) is 14.5 Å². The standard InChI is InChI=1S/C7H5F2NO3S/c8-5(9)6(11)10-3-1-2-14-4(3)7(12)13/h1-2,5H,(H,10,11)(H,12,13). The maximum atomic E-state index is 11.8. The van der Waals surface area contributed by atoms with Gasteiger partial charge in [0.05, 0.1) is 5.69 Å². The molecule has 0 unspecified atom stereocenters. The quantitative estimate of drug-likeness (QED) is 0.815. The predicted octanol–water partition coefficient (Wildman–Crippen LogP) is 1.65. The number of halogens is 2. The lowest BCUT2D eigenvalue weighted by Gasteiger charge is -2.02. The molecule has 0 radical (unpaired) electrons. The molecule has 1 aromatic heterocycles. The molecule has 0 atom stereocenters. The second kappa shape index (κ2) is 4.14. The first-order valence-electron chi connectivity index (χ1n) is 3.42. The number of anilines is 1. The number of rotatable bonds is 3. The number of alkyl halides is 2. The Bertz CT molecular complexity index is 364. The Morgan fingerprint density at radius 3 is 2.64 bits per heavy atom. The molecule has 1 aromatic rings. The molecule has 0 aliphatic heterocycles. The first kappa shape index (κ1) is 10.6. The van der Waals surface area contributed by atoms with E-state index in [1.165, 1.54) is 11.4 Å². The lowest BCUT2D eigenvalue weighted by molar-refractivity contribution is -0.126. The van der Waals surface area contributed by atoms with Gasteiger partial charge >= 0.3 is 12.4 Å². The van der Waals surface area contributed by atoms with E-state index >= 15 is 0 Å². The summed E-state index contributed by atoms with van der Waals surface area (Å²) in [5, 5.41) is 11.8. The van der Waals surface area contributed by atoms with Gasteiger partial charge in [-0.25, -0.2) is 4.79 Å². The highest BCUT2D eigenvalue weighted by Crippen LogP contribution is 2.22. The van der Waals surface area contributed by atoms with E-state index in [-0.39, 0.29) is 10.6 Å². The second-order valence-corrected chi connectivity index (χ2v) is 3.17. The van der Waals surface area contributed by atoms with Crippen LogP contribution in [0.1, 0.15) is 9.67 Å². The van der Waals surface area contributed by atoms with Gasteiger partial charge in [0, 0.05) is 0 Å². The molecule has 0 fully saturated rings. The summed E-state index contributed by atoms with van der Waals surface area (Å²) in [4.78, 5) is 20.9. The summed E-state index contributed by atoms with van der Waals surface area (Å²) >= 11 is 0.852. The van der Waals surface area contributed by atoms with Gasteiger partial charge in [-0.05, 0) is 11.4 Å². The molecule has 14 heavy (non-hydrogen) atoms. The number of carbonyl (C=O) groups is 2. The molecular formula is C7H5F2NO3S. The summed E-state index contributed by atoms with van der Waals surface area (Å²) in [5.41, 5.74) is -0.104. The molecule has 0 bridgehead atoms. The Morgan fingerprint density at radius 1 is 1.50 bits per heavy atom. The van der Waals surface area contributed by atoms with Crippen LogP contribution in [0, 0.1) is 0 Å². The maximum Gasteiger partial charge on any atom is 0.348 e. The minimum Gasteiger partial charge on any atom is -0.477 e. The molecule has 0 saturated carbocycles. The monoisotopic (exact) mass is 221 g/mol. The van der Waals surface area contributed by atoms with Crippen molar-refractivity contribution < 1.29 is 23.5 Å². The molecule has 76 valence electrons. The number of carbonyl (C=O) groups excluding carboxylic acids is 1. The van der Waals surface area contributed by atoms with Crippen molar-refractivity contribution in [1.29, 1.82) is 0 Å². The molecule has 4 nitrogen and oxygen atoms in total. The van der Waals surface area contributed by atoms with Crippen LogP contribution in [0.15, 0.2) is 11.4 Å². The SMILES string of the molecule is O=C(O)c1sccc1NC(=O)C(F)F. The third-order valence-electron chi connectivity index (χ3n) is 1.32. The van der Waals surface area contributed by atoms with Gasteiger partial charge in [-0.3, -0.25) is 4.79 Å². The summed E-state index contributed by atoms with van der Waals surface area (Å²) in [6.07, 6.45) is -3.16. The highest BCUT2D eigenvalue weighted by atomic mass is 32.1. The van der Waals surface area contributed by atoms with Crippen LogP contribution < -0.4 is 5.32 Å². The molecule has 0 spiro atoms. The van der Waals surface area contributed by atoms with Gasteiger partial charge in [0.25, 0.3) is 5.91 Å². The first-order chi connectivity index (χ1) is 6.52. The Hall–Kier alpha value is -1.50. The topological polar surface area (TPSA) is 66.4 Å². The zero-order chi connectivity index (χ0) is 10.7. The molecule has 0 aliphatic carbocycles. The number of carboxylic acids is 1. The van der Waals surface area contributed by atoms with Crippen LogP contribution in [-0.2, 0) is 4.79 Å². The minimum absolute atomic E-state index is 0.104. The zero-order valence-corrected chi connectivity index (χ0v) is 7.48. The van der Waals surface area contributed by atoms with Gasteiger partial charge < -0.3 is 10.4 Å². The maximum absolute atomic E-state index is 11.8. The summed E-state index contributed by atoms with van der Waals surface area (Å²) in [6, 6.07) is 1.26. The van der Waals surface area contributed by atoms with Crippen molar-refractivity contribution in [3.05, 3.63) is 16.3 Å². The van der Waals surface area contributed by atoms with Crippen LogP contribution in [0.3, 0.4) is 0 Å². The summed E-state index contributed by atoms with van der Waals surface area (Å²) < 4.78 is 23.6. The highest BCUT2D eigenvalue weighted by molar-refractivity contribution is 7.12. The normalized spacial score (nSPS) is 10.2. The molecule has 1 heterocycles. The molecule has 2 N–H and O–H groups in total. The van der Waals surface area contributed by atoms with Gasteiger partial charge in [0.15, 0.2) is 0 Å². The number of hydrogen-bond acceptors (Lipinski definition) is 3. The molecule has 0 saturated heterocycles. The van der Waals surface area contributed by atoms with Gasteiger partial charge in [-0.2, -0.15) is 8.78 Å². The fourth-order valence-corrected chi connectivity index (χ4v) is 1.45. The summed E-state index contributed by atoms with van der Waals surface area (Å²) in [5.74, 6) is -2.77. The van der Waals surface area contributed by atoms with E-state index in [0.717, 1.165) is 11.3 Å². The molecule has 0 aliphatic rings. The van der Waals surface area contributed by atoms with E-state index in [4.69, 9.17) is 5.11 Å². The third kappa shape index (κ3) is 2.25. The number of amides is 1. The van der Waals surface area contributed by atoms with E-state index in [1.807, 2.05) is 5.32 Å². The molecule has 0 aromatic carbocycles. The number of nitrogens with one attached hydrogen (secondary N) is 1. The molecular weight excluding hydrogens is 216 g/mol. The molecule has 1 rings (SSSR count). The van der Waals surface area contributed by atoms with Crippen molar-refractivity contribution in [2.24, 2.45) is 0 Å². The number of carboxylic acid groups (broad SMARTS) is 1. The Balaban J connectivity index is 2.82. The summed E-state index contributed by atoms with van der Waals surface area (Å²) in [7, 11) is 0. The minimum atomic E-state index is -3.16. The smallest absolute Gasteiger partial charge is 0.348 e. The number of thiophene rings is 1. The van der Waals surface area contributed by atoms with Gasteiger partial charge in [0.2, 0.25) is 0 Å². The average Bonchev–Trinajstić information content (AvgIpc) is 2.52. The zero-order valence-electron chi connectivity index (χ0n) is 6.66. The lowest BCUT2D eigenvalue weighted by Crippen LogP contribution is -2.20. The Labute approximate surface area is 81.2 Å². The van der Waals surface area contributed by atoms with Crippen LogP contribution in [0.25, 0.3) is 0 Å². The van der Waals surface area contributed by atoms with Crippen molar-refractivity contribution >= 4 is 28.9 Å². The van der Waals surface area contributed by atoms with Crippen molar-refractivity contribution in [1.82, 2.24) is 0 Å². The average molecular weight is 221 g/mol. The fraction of sp³-hybridized carbons (Fsp3) is 0.143. The van der Waals surface area contributed by atoms with E-state index in [2.05, 4.69) is 0 Å². The van der Waals surface area contributed by atoms with Gasteiger partial charge in [-0.15, -0.1) is 11.3 Å². The van der Waals surface area contributed by atoms with E-state index in [0.29, 0.717) is 0 Å². The van der Waals surface area contributed by atoms with E-state index in [1.54, 1.807) is 0 Å². The first-order valence-corrected chi connectivity index (χ1v) is 4.30. The van der Waals surface area contributed by atoms with Crippen LogP contribution in [0.2, 0.25) is 0 Å². The van der Waals surface area contributed by atoms with Crippen LogP contribution in [-0.4, -0.2) is 23.4 Å². The van der Waals surface area contributed by atoms with Crippen molar-refractivity contribution in [3.63, 3.8) is 0 Å². The largest absolute Gasteiger partial charge is 0.477 e. The lowest BCUT2D eigenvalue weighted by atomic mass is 10.4. The van der Waals surface area contributed by atoms with Gasteiger partial charge in [0.1, 0.15) is 4.88 Å². The third-order valence-corrected chi connectivity index (χ3v) is 2.22. The molecule has 7 heteroatoms. The van der Waals surface area contributed by atoms with Crippen molar-refractivity contribution in [3.8, 4) is 0 Å². The predicted molar refractivity (Wildman–Crippen MR) is 45.9 cm³/mol. The highest BCUT2D eigenvalue weighted by Gasteiger charge is 2.19. The van der Waals surface area contributed by atoms with E-state index in [9.17, 15) is 18.4 Å². The second-order valence-electron chi connectivity index (χ2n) is 2.26. The Kier molecular flexibility index (Phi) is 3.13. The van der Waals surface area contributed by atoms with Crippen molar-refractivity contribution in [2.45, 2.75) is 6.43 Å². The number of aromatic carboxylic acids is 1. The number of hydrogen-bond donors (Lipinski definition) is 2. The summed E-state index contributed by atoms with van der Waals surface area (Å²) in [6.45, 7) is 0. The Morgan fingerprint density at radius 2 is 2.14 bits per heavy atom. The van der Waals surface area contributed by atoms with E-state index < -0.39 is 18.3 Å². The van der Waals surface area contributed by atoms with Crippen molar-refractivity contribution in [2.75, 3.05) is 5.32 Å². The fourth-order valence-electron chi connectivity index (χ4n) is 0.761. The van der Waals surface area contributed by atoms with Gasteiger partial charge in [-0.1, -0.05) is 0 Å². The van der Waals surface area contributed by atoms with Crippen LogP contribution in [0.5, 0.6) is 0 Å².